The van der Waals surface area contributed by atoms with Crippen LogP contribution in [-0.2, 0) is 6.42 Å². The molecule has 1 aliphatic heterocycles. The van der Waals surface area contributed by atoms with Crippen LogP contribution in [0, 0.1) is 0 Å². The molecule has 0 amide bonds. The van der Waals surface area contributed by atoms with Crippen LogP contribution in [-0.4, -0.2) is 28.8 Å². The van der Waals surface area contributed by atoms with Crippen LogP contribution in [0.15, 0.2) is 24.4 Å². The van der Waals surface area contributed by atoms with E-state index in [1.807, 2.05) is 6.07 Å². The third-order valence-electron chi connectivity index (χ3n) is 2.88. The van der Waals surface area contributed by atoms with Gasteiger partial charge in [0.05, 0.1) is 12.1 Å². The summed E-state index contributed by atoms with van der Waals surface area (Å²) >= 11 is 0. The topological polar surface area (TPSA) is 62.6 Å². The van der Waals surface area contributed by atoms with Gasteiger partial charge in [0, 0.05) is 23.5 Å². The van der Waals surface area contributed by atoms with Crippen molar-refractivity contribution in [1.29, 1.82) is 0 Å². The maximum atomic E-state index is 9.27. The summed E-state index contributed by atoms with van der Waals surface area (Å²) in [6.45, 7) is 0.660. The van der Waals surface area contributed by atoms with E-state index in [0.717, 1.165) is 23.1 Å². The average molecular weight is 215 g/mol. The Bertz CT molecular complexity index is 546. The summed E-state index contributed by atoms with van der Waals surface area (Å²) in [5, 5.41) is 19.4. The lowest BCUT2D eigenvalue weighted by atomic mass is 9.78. The van der Waals surface area contributed by atoms with Gasteiger partial charge in [0.2, 0.25) is 0 Å². The lowest BCUT2D eigenvalue weighted by molar-refractivity contribution is 0.318. The van der Waals surface area contributed by atoms with Crippen molar-refractivity contribution in [2.75, 3.05) is 6.61 Å². The van der Waals surface area contributed by atoms with Gasteiger partial charge < -0.3 is 14.8 Å². The zero-order chi connectivity index (χ0) is 11.1. The van der Waals surface area contributed by atoms with Crippen LogP contribution in [0.25, 0.3) is 10.9 Å². The minimum Gasteiger partial charge on any atom is -0.493 e. The largest absolute Gasteiger partial charge is 0.493 e. The van der Waals surface area contributed by atoms with Gasteiger partial charge >= 0.3 is 7.12 Å². The molecule has 0 bridgehead atoms. The summed E-state index contributed by atoms with van der Waals surface area (Å²) in [7, 11) is -1.50. The molecule has 0 saturated heterocycles. The van der Waals surface area contributed by atoms with E-state index < -0.39 is 7.12 Å². The van der Waals surface area contributed by atoms with Gasteiger partial charge in [0.15, 0.2) is 0 Å². The normalized spacial score (nSPS) is 13.6. The second-order valence-electron chi connectivity index (χ2n) is 3.82. The molecule has 4 nitrogen and oxygen atoms in total. The smallest absolute Gasteiger partial charge is 0.490 e. The molecule has 2 heterocycles. The van der Waals surface area contributed by atoms with Crippen molar-refractivity contribution in [3.05, 3.63) is 30.0 Å². The molecule has 2 N–H and O–H groups in total. The summed E-state index contributed by atoms with van der Waals surface area (Å²) in [5.41, 5.74) is 2.18. The van der Waals surface area contributed by atoms with Crippen molar-refractivity contribution in [1.82, 2.24) is 4.98 Å². The van der Waals surface area contributed by atoms with Crippen molar-refractivity contribution >= 4 is 23.5 Å². The SMILES string of the molecule is OB(O)c1ccc2c3c(ccnc13)CCO2. The van der Waals surface area contributed by atoms with E-state index in [0.29, 0.717) is 17.6 Å². The van der Waals surface area contributed by atoms with Gasteiger partial charge in [-0.2, -0.15) is 0 Å². The van der Waals surface area contributed by atoms with Gasteiger partial charge in [-0.15, -0.1) is 0 Å². The molecule has 1 aromatic heterocycles. The highest BCUT2D eigenvalue weighted by Crippen LogP contribution is 2.30. The standard InChI is InChI=1S/C11H10BNO3/c14-12(15)8-1-2-9-10-7(4-6-16-9)3-5-13-11(8)10/h1-3,5,14-15H,4,6H2. The van der Waals surface area contributed by atoms with Gasteiger partial charge in [-0.3, -0.25) is 4.98 Å². The first kappa shape index (κ1) is 9.63. The van der Waals surface area contributed by atoms with Crippen LogP contribution in [0.2, 0.25) is 0 Å². The first-order chi connectivity index (χ1) is 7.77. The number of aromatic nitrogens is 1. The summed E-state index contributed by atoms with van der Waals surface area (Å²) in [6.07, 6.45) is 2.52. The molecule has 0 atom stereocenters. The van der Waals surface area contributed by atoms with E-state index in [2.05, 4.69) is 4.98 Å². The van der Waals surface area contributed by atoms with Gasteiger partial charge in [0.1, 0.15) is 5.75 Å². The third-order valence-corrected chi connectivity index (χ3v) is 2.88. The Morgan fingerprint density at radius 2 is 2.12 bits per heavy atom. The highest BCUT2D eigenvalue weighted by Gasteiger charge is 2.21. The molecule has 3 rings (SSSR count). The molecule has 0 radical (unpaired) electrons. The first-order valence-electron chi connectivity index (χ1n) is 5.17. The molecular weight excluding hydrogens is 205 g/mol. The van der Waals surface area contributed by atoms with Crippen molar-refractivity contribution in [3.8, 4) is 5.75 Å². The number of nitrogens with zero attached hydrogens (tertiary/aromatic N) is 1. The van der Waals surface area contributed by atoms with Gasteiger partial charge in [-0.1, -0.05) is 6.07 Å². The molecule has 5 heteroatoms. The van der Waals surface area contributed by atoms with E-state index in [9.17, 15) is 10.0 Å². The quantitative estimate of drug-likeness (QED) is 0.649. The summed E-state index contributed by atoms with van der Waals surface area (Å²) < 4.78 is 5.53. The molecule has 0 spiro atoms. The summed E-state index contributed by atoms with van der Waals surface area (Å²) in [6, 6.07) is 5.35. The zero-order valence-electron chi connectivity index (χ0n) is 8.55. The lowest BCUT2D eigenvalue weighted by Crippen LogP contribution is -2.31. The number of pyridine rings is 1. The molecule has 1 aliphatic rings. The molecule has 0 fully saturated rings. The Kier molecular flexibility index (Phi) is 2.09. The van der Waals surface area contributed by atoms with Crippen molar-refractivity contribution < 1.29 is 14.8 Å². The van der Waals surface area contributed by atoms with E-state index in [4.69, 9.17) is 4.74 Å². The maximum Gasteiger partial charge on any atom is 0.490 e. The fourth-order valence-electron chi connectivity index (χ4n) is 2.13. The number of hydrogen-bond acceptors (Lipinski definition) is 4. The molecule has 0 aliphatic carbocycles. The Balaban J connectivity index is 2.40. The highest BCUT2D eigenvalue weighted by atomic mass is 16.5. The van der Waals surface area contributed by atoms with E-state index in [1.165, 1.54) is 0 Å². The zero-order valence-corrected chi connectivity index (χ0v) is 8.55. The predicted molar refractivity (Wildman–Crippen MR) is 60.8 cm³/mol. The summed E-state index contributed by atoms with van der Waals surface area (Å²) in [5.74, 6) is 0.772. The van der Waals surface area contributed by atoms with E-state index in [-0.39, 0.29) is 0 Å². The molecular formula is C11H10BNO3. The monoisotopic (exact) mass is 215 g/mol. The molecule has 1 aromatic carbocycles. The second-order valence-corrected chi connectivity index (χ2v) is 3.82. The van der Waals surface area contributed by atoms with E-state index >= 15 is 0 Å². The molecule has 16 heavy (non-hydrogen) atoms. The Labute approximate surface area is 92.7 Å². The van der Waals surface area contributed by atoms with Crippen molar-refractivity contribution in [3.63, 3.8) is 0 Å². The molecule has 2 aromatic rings. The summed E-state index contributed by atoms with van der Waals surface area (Å²) in [4.78, 5) is 4.21. The van der Waals surface area contributed by atoms with Crippen LogP contribution in [0.1, 0.15) is 5.56 Å². The second kappa shape index (κ2) is 3.47. The minimum atomic E-state index is -1.50. The molecule has 0 unspecified atom stereocenters. The fraction of sp³-hybridized carbons (Fsp3) is 0.182. The fourth-order valence-corrected chi connectivity index (χ4v) is 2.13. The first-order valence-corrected chi connectivity index (χ1v) is 5.17. The van der Waals surface area contributed by atoms with Gasteiger partial charge in [0.25, 0.3) is 0 Å². The molecule has 80 valence electrons. The number of rotatable bonds is 1. The maximum absolute atomic E-state index is 9.27. The van der Waals surface area contributed by atoms with Crippen LogP contribution in [0.3, 0.4) is 0 Å². The van der Waals surface area contributed by atoms with Crippen LogP contribution >= 0.6 is 0 Å². The number of ether oxygens (including phenoxy) is 1. The Morgan fingerprint density at radius 1 is 1.25 bits per heavy atom. The predicted octanol–water partition coefficient (Wildman–Crippen LogP) is -0.151. The van der Waals surface area contributed by atoms with Crippen LogP contribution in [0.5, 0.6) is 5.75 Å². The highest BCUT2D eigenvalue weighted by molar-refractivity contribution is 6.61. The number of hydrogen-bond donors (Lipinski definition) is 2. The lowest BCUT2D eigenvalue weighted by Gasteiger charge is -2.19. The van der Waals surface area contributed by atoms with Crippen LogP contribution in [0.4, 0.5) is 0 Å². The Morgan fingerprint density at radius 3 is 2.94 bits per heavy atom. The minimum absolute atomic E-state index is 0.422. The van der Waals surface area contributed by atoms with Gasteiger partial charge in [-0.05, 0) is 17.7 Å². The van der Waals surface area contributed by atoms with Crippen LogP contribution < -0.4 is 10.2 Å². The van der Waals surface area contributed by atoms with Gasteiger partial charge in [-0.25, -0.2) is 0 Å². The average Bonchev–Trinajstić information content (AvgIpc) is 2.30. The third kappa shape index (κ3) is 1.29. The van der Waals surface area contributed by atoms with Crippen molar-refractivity contribution in [2.24, 2.45) is 0 Å². The van der Waals surface area contributed by atoms with Crippen molar-refractivity contribution in [2.45, 2.75) is 6.42 Å². The van der Waals surface area contributed by atoms with E-state index in [1.54, 1.807) is 18.3 Å². The Hall–Kier alpha value is -1.59. The molecule has 0 saturated carbocycles. The number of benzene rings is 1.